The number of nitrogens with one attached hydrogen (secondary N) is 1. The molecule has 0 unspecified atom stereocenters. The molecule has 0 aromatic carbocycles. The van der Waals surface area contributed by atoms with Crippen LogP contribution in [0.5, 0.6) is 0 Å². The molecule has 14 heavy (non-hydrogen) atoms. The lowest BCUT2D eigenvalue weighted by molar-refractivity contribution is 0.161. The van der Waals surface area contributed by atoms with Gasteiger partial charge in [-0.1, -0.05) is 0 Å². The van der Waals surface area contributed by atoms with E-state index in [2.05, 4.69) is 10.2 Å². The van der Waals surface area contributed by atoms with E-state index in [-0.39, 0.29) is 6.03 Å². The zero-order valence-electron chi connectivity index (χ0n) is 9.54. The number of amides is 2. The summed E-state index contributed by atoms with van der Waals surface area (Å²) in [4.78, 5) is 14.7. The van der Waals surface area contributed by atoms with Crippen LogP contribution in [0.25, 0.3) is 0 Å². The molecule has 0 spiro atoms. The van der Waals surface area contributed by atoms with Crippen LogP contribution in [-0.2, 0) is 4.74 Å². The smallest absolute Gasteiger partial charge is 0.316 e. The molecule has 0 aliphatic carbocycles. The summed E-state index contributed by atoms with van der Waals surface area (Å²) in [6.07, 6.45) is 0. The summed E-state index contributed by atoms with van der Waals surface area (Å²) in [7, 11) is 7.14. The second kappa shape index (κ2) is 7.58. The van der Waals surface area contributed by atoms with Crippen molar-refractivity contribution >= 4 is 6.03 Å². The van der Waals surface area contributed by atoms with Crippen LogP contribution < -0.4 is 5.32 Å². The van der Waals surface area contributed by atoms with Crippen LogP contribution in [0, 0.1) is 0 Å². The Bertz CT molecular complexity index is 162. The van der Waals surface area contributed by atoms with Gasteiger partial charge in [-0.3, -0.25) is 0 Å². The van der Waals surface area contributed by atoms with E-state index < -0.39 is 0 Å². The zero-order valence-corrected chi connectivity index (χ0v) is 9.54. The summed E-state index contributed by atoms with van der Waals surface area (Å²) in [5.74, 6) is 0. The normalized spacial score (nSPS) is 10.4. The Morgan fingerprint density at radius 1 is 1.29 bits per heavy atom. The molecule has 5 heteroatoms. The minimum atomic E-state index is -0.0508. The van der Waals surface area contributed by atoms with Crippen LogP contribution in [0.3, 0.4) is 0 Å². The van der Waals surface area contributed by atoms with E-state index in [9.17, 15) is 4.79 Å². The Hall–Kier alpha value is -0.810. The molecule has 0 rings (SSSR count). The number of hydrogen-bond donors (Lipinski definition) is 1. The SMILES string of the molecule is COCCN(C)CCNC(=O)N(C)C. The molecule has 0 bridgehead atoms. The summed E-state index contributed by atoms with van der Waals surface area (Å²) in [5.41, 5.74) is 0. The van der Waals surface area contributed by atoms with Crippen molar-refractivity contribution in [2.75, 3.05) is 54.5 Å². The zero-order chi connectivity index (χ0) is 11.0. The van der Waals surface area contributed by atoms with Crippen LogP contribution in [0.2, 0.25) is 0 Å². The third-order valence-electron chi connectivity index (χ3n) is 1.85. The monoisotopic (exact) mass is 203 g/mol. The molecule has 0 atom stereocenters. The van der Waals surface area contributed by atoms with Crippen molar-refractivity contribution in [3.8, 4) is 0 Å². The van der Waals surface area contributed by atoms with Gasteiger partial charge >= 0.3 is 6.03 Å². The first kappa shape index (κ1) is 13.2. The van der Waals surface area contributed by atoms with Gasteiger partial charge in [0.05, 0.1) is 6.61 Å². The van der Waals surface area contributed by atoms with E-state index in [1.54, 1.807) is 21.2 Å². The lowest BCUT2D eigenvalue weighted by Crippen LogP contribution is -2.39. The van der Waals surface area contributed by atoms with Gasteiger partial charge in [-0.15, -0.1) is 0 Å². The molecule has 0 radical (unpaired) electrons. The summed E-state index contributed by atoms with van der Waals surface area (Å²) in [5, 5.41) is 2.79. The molecule has 0 aromatic heterocycles. The predicted molar refractivity (Wildman–Crippen MR) is 56.5 cm³/mol. The number of carbonyl (C=O) groups is 1. The fourth-order valence-corrected chi connectivity index (χ4v) is 0.871. The Labute approximate surface area is 86.0 Å². The summed E-state index contributed by atoms with van der Waals surface area (Å²) < 4.78 is 4.94. The second-order valence-electron chi connectivity index (χ2n) is 3.42. The van der Waals surface area contributed by atoms with Gasteiger partial charge < -0.3 is 19.9 Å². The fourth-order valence-electron chi connectivity index (χ4n) is 0.871. The number of rotatable bonds is 6. The first-order valence-electron chi connectivity index (χ1n) is 4.70. The van der Waals surface area contributed by atoms with Gasteiger partial charge in [0.25, 0.3) is 0 Å². The molecule has 2 amide bonds. The van der Waals surface area contributed by atoms with Gasteiger partial charge in [0.2, 0.25) is 0 Å². The molecule has 0 saturated carbocycles. The van der Waals surface area contributed by atoms with E-state index in [1.807, 2.05) is 7.05 Å². The Balaban J connectivity index is 3.39. The Morgan fingerprint density at radius 2 is 1.93 bits per heavy atom. The van der Waals surface area contributed by atoms with Gasteiger partial charge in [-0.25, -0.2) is 4.79 Å². The lowest BCUT2D eigenvalue weighted by atomic mass is 10.5. The predicted octanol–water partition coefficient (Wildman–Crippen LogP) is -0.164. The standard InChI is InChI=1S/C9H21N3O2/c1-11(2)9(13)10-5-6-12(3)7-8-14-4/h5-8H2,1-4H3,(H,10,13). The first-order valence-corrected chi connectivity index (χ1v) is 4.70. The van der Waals surface area contributed by atoms with E-state index in [1.165, 1.54) is 4.90 Å². The maximum absolute atomic E-state index is 11.1. The molecule has 0 aliphatic heterocycles. The van der Waals surface area contributed by atoms with Gasteiger partial charge in [0, 0.05) is 40.8 Å². The van der Waals surface area contributed by atoms with Crippen LogP contribution in [0.15, 0.2) is 0 Å². The summed E-state index contributed by atoms with van der Waals surface area (Å²) >= 11 is 0. The highest BCUT2D eigenvalue weighted by Gasteiger charge is 2.02. The first-order chi connectivity index (χ1) is 6.57. The number of hydrogen-bond acceptors (Lipinski definition) is 3. The third kappa shape index (κ3) is 6.68. The van der Waals surface area contributed by atoms with Crippen molar-refractivity contribution in [2.45, 2.75) is 0 Å². The Kier molecular flexibility index (Phi) is 7.14. The fraction of sp³-hybridized carbons (Fsp3) is 0.889. The van der Waals surface area contributed by atoms with Gasteiger partial charge in [0.15, 0.2) is 0 Å². The van der Waals surface area contributed by atoms with Gasteiger partial charge in [-0.2, -0.15) is 0 Å². The number of nitrogens with zero attached hydrogens (tertiary/aromatic N) is 2. The van der Waals surface area contributed by atoms with E-state index in [4.69, 9.17) is 4.74 Å². The largest absolute Gasteiger partial charge is 0.383 e. The number of ether oxygens (including phenoxy) is 1. The van der Waals surface area contributed by atoms with Crippen molar-refractivity contribution in [2.24, 2.45) is 0 Å². The van der Waals surface area contributed by atoms with Gasteiger partial charge in [0.1, 0.15) is 0 Å². The highest BCUT2D eigenvalue weighted by Crippen LogP contribution is 1.82. The molecule has 5 nitrogen and oxygen atoms in total. The highest BCUT2D eigenvalue weighted by atomic mass is 16.5. The van der Waals surface area contributed by atoms with E-state index in [0.717, 1.165) is 19.7 Å². The van der Waals surface area contributed by atoms with E-state index in [0.29, 0.717) is 6.54 Å². The maximum Gasteiger partial charge on any atom is 0.316 e. The minimum absolute atomic E-state index is 0.0508. The maximum atomic E-state index is 11.1. The average molecular weight is 203 g/mol. The molecular formula is C9H21N3O2. The van der Waals surface area contributed by atoms with Crippen molar-refractivity contribution < 1.29 is 9.53 Å². The molecule has 0 saturated heterocycles. The molecule has 84 valence electrons. The van der Waals surface area contributed by atoms with Crippen molar-refractivity contribution in [1.29, 1.82) is 0 Å². The average Bonchev–Trinajstić information content (AvgIpc) is 2.14. The molecular weight excluding hydrogens is 182 g/mol. The minimum Gasteiger partial charge on any atom is -0.383 e. The molecule has 0 fully saturated rings. The van der Waals surface area contributed by atoms with Crippen molar-refractivity contribution in [1.82, 2.24) is 15.1 Å². The van der Waals surface area contributed by atoms with Crippen LogP contribution >= 0.6 is 0 Å². The van der Waals surface area contributed by atoms with Crippen LogP contribution in [0.4, 0.5) is 4.79 Å². The second-order valence-corrected chi connectivity index (χ2v) is 3.42. The van der Waals surface area contributed by atoms with E-state index >= 15 is 0 Å². The summed E-state index contributed by atoms with van der Waals surface area (Å²) in [6.45, 7) is 3.10. The van der Waals surface area contributed by atoms with Gasteiger partial charge in [-0.05, 0) is 7.05 Å². The van der Waals surface area contributed by atoms with Crippen LogP contribution in [-0.4, -0.2) is 70.3 Å². The molecule has 0 heterocycles. The number of methoxy groups -OCH3 is 1. The van der Waals surface area contributed by atoms with Crippen molar-refractivity contribution in [3.05, 3.63) is 0 Å². The topological polar surface area (TPSA) is 44.8 Å². The quantitative estimate of drug-likeness (QED) is 0.652. The highest BCUT2D eigenvalue weighted by molar-refractivity contribution is 5.73. The third-order valence-corrected chi connectivity index (χ3v) is 1.85. The molecule has 0 aliphatic rings. The molecule has 0 aromatic rings. The Morgan fingerprint density at radius 3 is 2.43 bits per heavy atom. The molecule has 1 N–H and O–H groups in total. The number of likely N-dealkylation sites (N-methyl/N-ethyl adjacent to an activating group) is 1. The lowest BCUT2D eigenvalue weighted by Gasteiger charge is -2.17. The van der Waals surface area contributed by atoms with Crippen LogP contribution in [0.1, 0.15) is 0 Å². The van der Waals surface area contributed by atoms with Crippen molar-refractivity contribution in [3.63, 3.8) is 0 Å². The summed E-state index contributed by atoms with van der Waals surface area (Å²) in [6, 6.07) is -0.0508. The number of urea groups is 1. The number of carbonyl (C=O) groups excluding carboxylic acids is 1.